The fourth-order valence-electron chi connectivity index (χ4n) is 2.71. The minimum Gasteiger partial charge on any atom is -0.200 e. The van der Waals surface area contributed by atoms with Gasteiger partial charge in [-0.05, 0) is 43.9 Å². The third-order valence-electron chi connectivity index (χ3n) is 4.23. The number of aryl methyl sites for hydroxylation is 1. The molecule has 0 heterocycles. The summed E-state index contributed by atoms with van der Waals surface area (Å²) in [5.41, 5.74) is 3.13. The van der Waals surface area contributed by atoms with Crippen LogP contribution in [-0.4, -0.2) is 14.1 Å². The van der Waals surface area contributed by atoms with Crippen LogP contribution < -0.4 is 4.83 Å². The minimum atomic E-state index is -3.60. The first-order valence-corrected chi connectivity index (χ1v) is 9.13. The summed E-state index contributed by atoms with van der Waals surface area (Å²) < 4.78 is 24.4. The van der Waals surface area contributed by atoms with Gasteiger partial charge >= 0.3 is 0 Å². The van der Waals surface area contributed by atoms with E-state index in [9.17, 15) is 8.42 Å². The van der Waals surface area contributed by atoms with E-state index in [0.29, 0.717) is 11.8 Å². The summed E-state index contributed by atoms with van der Waals surface area (Å²) in [7, 11) is -3.60. The van der Waals surface area contributed by atoms with Gasteiger partial charge < -0.3 is 0 Å². The van der Waals surface area contributed by atoms with E-state index < -0.39 is 10.0 Å². The van der Waals surface area contributed by atoms with Gasteiger partial charge in [-0.2, -0.15) is 13.5 Å². The maximum Gasteiger partial charge on any atom is 0.276 e. The zero-order valence-electron chi connectivity index (χ0n) is 13.2. The first kappa shape index (κ1) is 15.7. The number of benzene rings is 2. The Labute approximate surface area is 137 Å². The van der Waals surface area contributed by atoms with E-state index >= 15 is 0 Å². The van der Waals surface area contributed by atoms with Crippen molar-refractivity contribution in [3.05, 3.63) is 65.7 Å². The average Bonchev–Trinajstić information content (AvgIpc) is 3.35. The fraction of sp³-hybridized carbons (Fsp3) is 0.278. The van der Waals surface area contributed by atoms with E-state index in [1.165, 1.54) is 5.56 Å². The molecule has 0 bridgehead atoms. The van der Waals surface area contributed by atoms with E-state index in [1.54, 1.807) is 24.3 Å². The van der Waals surface area contributed by atoms with Gasteiger partial charge in [-0.15, -0.1) is 0 Å². The molecule has 0 saturated heterocycles. The number of nitrogens with zero attached hydrogens (tertiary/aromatic N) is 1. The third kappa shape index (κ3) is 3.62. The molecule has 0 unspecified atom stereocenters. The van der Waals surface area contributed by atoms with Crippen LogP contribution in [0, 0.1) is 12.8 Å². The van der Waals surface area contributed by atoms with Crippen LogP contribution in [0.4, 0.5) is 0 Å². The molecule has 1 aliphatic rings. The van der Waals surface area contributed by atoms with Crippen LogP contribution in [0.3, 0.4) is 0 Å². The molecule has 2 aromatic carbocycles. The van der Waals surface area contributed by atoms with Gasteiger partial charge in [-0.1, -0.05) is 48.0 Å². The van der Waals surface area contributed by atoms with Crippen molar-refractivity contribution in [1.29, 1.82) is 0 Å². The number of hydrogen-bond acceptors (Lipinski definition) is 3. The largest absolute Gasteiger partial charge is 0.276 e. The lowest BCUT2D eigenvalue weighted by Crippen LogP contribution is -2.20. The molecule has 0 aromatic heterocycles. The lowest BCUT2D eigenvalue weighted by molar-refractivity contribution is 0.584. The maximum absolute atomic E-state index is 12.2. The van der Waals surface area contributed by atoms with Gasteiger partial charge in [0.1, 0.15) is 0 Å². The monoisotopic (exact) mass is 328 g/mol. The van der Waals surface area contributed by atoms with Crippen LogP contribution >= 0.6 is 0 Å². The van der Waals surface area contributed by atoms with Gasteiger partial charge in [-0.25, -0.2) is 4.83 Å². The second-order valence-electron chi connectivity index (χ2n) is 6.02. The smallest absolute Gasteiger partial charge is 0.200 e. The van der Waals surface area contributed by atoms with Gasteiger partial charge in [0.25, 0.3) is 10.0 Å². The molecule has 120 valence electrons. The molecule has 0 radical (unpaired) electrons. The Morgan fingerprint density at radius 3 is 2.39 bits per heavy atom. The molecular formula is C18H20N2O2S. The molecule has 4 nitrogen and oxygen atoms in total. The fourth-order valence-corrected chi connectivity index (χ4v) is 3.57. The van der Waals surface area contributed by atoms with Crippen LogP contribution in [0.5, 0.6) is 0 Å². The highest BCUT2D eigenvalue weighted by atomic mass is 32.2. The molecule has 0 amide bonds. The lowest BCUT2D eigenvalue weighted by atomic mass is 10.1. The van der Waals surface area contributed by atoms with Crippen LogP contribution in [0.25, 0.3) is 0 Å². The first-order valence-electron chi connectivity index (χ1n) is 7.65. The standard InChI is InChI=1S/C18H20N2O2S/c1-13-8-10-16(11-9-13)23(21,22)20-19-14(2)17-12-18(17)15-6-4-3-5-7-15/h3-11,17-18,20H,12H2,1-2H3/t17-,18-/m1/s1. The number of hydrazone groups is 1. The molecule has 23 heavy (non-hydrogen) atoms. The molecule has 0 aliphatic heterocycles. The Balaban J connectivity index is 1.67. The van der Waals surface area contributed by atoms with Gasteiger partial charge in [0, 0.05) is 11.6 Å². The van der Waals surface area contributed by atoms with E-state index in [4.69, 9.17) is 0 Å². The zero-order valence-corrected chi connectivity index (χ0v) is 14.0. The predicted molar refractivity (Wildman–Crippen MR) is 91.9 cm³/mol. The van der Waals surface area contributed by atoms with E-state index in [1.807, 2.05) is 32.0 Å². The molecule has 5 heteroatoms. The van der Waals surface area contributed by atoms with Gasteiger partial charge in [0.05, 0.1) is 4.90 Å². The Morgan fingerprint density at radius 1 is 1.09 bits per heavy atom. The van der Waals surface area contributed by atoms with E-state index in [2.05, 4.69) is 22.1 Å². The Hall–Kier alpha value is -2.14. The van der Waals surface area contributed by atoms with Gasteiger partial charge in [0.2, 0.25) is 0 Å². The quantitative estimate of drug-likeness (QED) is 0.675. The van der Waals surface area contributed by atoms with Crippen LogP contribution in [0.1, 0.15) is 30.4 Å². The zero-order chi connectivity index (χ0) is 16.4. The van der Waals surface area contributed by atoms with Crippen molar-refractivity contribution in [2.45, 2.75) is 31.1 Å². The Kier molecular flexibility index (Phi) is 4.22. The Morgan fingerprint density at radius 2 is 1.74 bits per heavy atom. The molecule has 1 aliphatic carbocycles. The Bertz CT molecular complexity index is 812. The SMILES string of the molecule is CC(=NNS(=O)(=O)c1ccc(C)cc1)[C@H]1C[C@@H]1c1ccccc1. The molecule has 2 atom stereocenters. The molecule has 1 saturated carbocycles. The highest BCUT2D eigenvalue weighted by molar-refractivity contribution is 7.89. The van der Waals surface area contributed by atoms with E-state index in [-0.39, 0.29) is 4.90 Å². The summed E-state index contributed by atoms with van der Waals surface area (Å²) in [6.07, 6.45) is 1.02. The number of hydrogen-bond donors (Lipinski definition) is 1. The molecular weight excluding hydrogens is 308 g/mol. The van der Waals surface area contributed by atoms with Crippen LogP contribution in [-0.2, 0) is 10.0 Å². The van der Waals surface area contributed by atoms with Crippen molar-refractivity contribution >= 4 is 15.7 Å². The molecule has 1 N–H and O–H groups in total. The van der Waals surface area contributed by atoms with Crippen molar-refractivity contribution in [1.82, 2.24) is 4.83 Å². The second kappa shape index (κ2) is 6.16. The molecule has 3 rings (SSSR count). The molecule has 2 aromatic rings. The summed E-state index contributed by atoms with van der Waals surface area (Å²) in [6, 6.07) is 17.0. The van der Waals surface area contributed by atoms with Crippen LogP contribution in [0.2, 0.25) is 0 Å². The van der Waals surface area contributed by atoms with Crippen molar-refractivity contribution in [3.8, 4) is 0 Å². The summed E-state index contributed by atoms with van der Waals surface area (Å²) in [4.78, 5) is 2.58. The van der Waals surface area contributed by atoms with Gasteiger partial charge in [-0.3, -0.25) is 0 Å². The highest BCUT2D eigenvalue weighted by Gasteiger charge is 2.40. The predicted octanol–water partition coefficient (Wildman–Crippen LogP) is 3.45. The molecule has 1 fully saturated rings. The van der Waals surface area contributed by atoms with Gasteiger partial charge in [0.15, 0.2) is 0 Å². The first-order chi connectivity index (χ1) is 11.0. The van der Waals surface area contributed by atoms with Crippen molar-refractivity contribution < 1.29 is 8.42 Å². The molecule has 0 spiro atoms. The summed E-state index contributed by atoms with van der Waals surface area (Å²) in [5.74, 6) is 0.766. The normalized spacial score (nSPS) is 21.0. The average molecular weight is 328 g/mol. The summed E-state index contributed by atoms with van der Waals surface area (Å²) in [6.45, 7) is 3.80. The number of rotatable bonds is 5. The highest BCUT2D eigenvalue weighted by Crippen LogP contribution is 2.48. The van der Waals surface area contributed by atoms with E-state index in [0.717, 1.165) is 17.7 Å². The van der Waals surface area contributed by atoms with Crippen LogP contribution in [0.15, 0.2) is 64.6 Å². The summed E-state index contributed by atoms with van der Waals surface area (Å²) >= 11 is 0. The van der Waals surface area contributed by atoms with Crippen molar-refractivity contribution in [2.75, 3.05) is 0 Å². The topological polar surface area (TPSA) is 58.5 Å². The number of nitrogens with one attached hydrogen (secondary N) is 1. The second-order valence-corrected chi connectivity index (χ2v) is 7.68. The van der Waals surface area contributed by atoms with Crippen molar-refractivity contribution in [2.24, 2.45) is 11.0 Å². The minimum absolute atomic E-state index is 0.232. The third-order valence-corrected chi connectivity index (χ3v) is 5.45. The lowest BCUT2D eigenvalue weighted by Gasteiger charge is -2.06. The maximum atomic E-state index is 12.2. The number of sulfonamides is 1. The summed E-state index contributed by atoms with van der Waals surface area (Å²) in [5, 5.41) is 4.11. The van der Waals surface area contributed by atoms with Crippen molar-refractivity contribution in [3.63, 3.8) is 0 Å².